The number of rotatable bonds is 6. The van der Waals surface area contributed by atoms with Crippen LogP contribution in [-0.4, -0.2) is 0 Å². The summed E-state index contributed by atoms with van der Waals surface area (Å²) in [4.78, 5) is 2.40. The van der Waals surface area contributed by atoms with Gasteiger partial charge in [0.1, 0.15) is 5.58 Å². The van der Waals surface area contributed by atoms with Crippen LogP contribution in [0.15, 0.2) is 162 Å². The molecule has 0 radical (unpaired) electrons. The zero-order valence-corrected chi connectivity index (χ0v) is 26.4. The fourth-order valence-electron chi connectivity index (χ4n) is 7.67. The number of hydrogen-bond acceptors (Lipinski definition) is 2. The van der Waals surface area contributed by atoms with E-state index in [-0.39, 0.29) is 0 Å². The van der Waals surface area contributed by atoms with Gasteiger partial charge in [0, 0.05) is 22.0 Å². The summed E-state index contributed by atoms with van der Waals surface area (Å²) in [7, 11) is 0. The number of benzene rings is 7. The lowest BCUT2D eigenvalue weighted by atomic mass is 9.88. The predicted octanol–water partition coefficient (Wildman–Crippen LogP) is 11.1. The van der Waals surface area contributed by atoms with Crippen LogP contribution in [0.5, 0.6) is 0 Å². The number of nitrogens with zero attached hydrogens (tertiary/aromatic N) is 1. The molecule has 2 heteroatoms. The minimum Gasteiger partial charge on any atom is -0.454 e. The minimum absolute atomic E-state index is 0.888. The molecule has 1 aromatic heterocycles. The summed E-state index contributed by atoms with van der Waals surface area (Å²) >= 11 is 0. The molecule has 0 atom stereocenters. The molecule has 0 saturated heterocycles. The second kappa shape index (κ2) is 10.7. The van der Waals surface area contributed by atoms with Crippen LogP contribution < -0.4 is 15.3 Å². The SMILES string of the molecule is C1=c2cccc(-c3cc4cc-4c3)c2=C(c2ccccc2N(c2ccc(-c3ccccc3)cc2)c2cccc3c2oc2ccccc23)CC1. The van der Waals surface area contributed by atoms with E-state index in [1.807, 2.05) is 6.07 Å². The molecular formula is C46H31NO. The van der Waals surface area contributed by atoms with E-state index < -0.39 is 0 Å². The molecule has 0 bridgehead atoms. The van der Waals surface area contributed by atoms with Crippen LogP contribution in [0.4, 0.5) is 17.1 Å². The van der Waals surface area contributed by atoms with Crippen LogP contribution in [0.1, 0.15) is 18.4 Å². The molecule has 226 valence electrons. The molecule has 0 spiro atoms. The summed E-state index contributed by atoms with van der Waals surface area (Å²) < 4.78 is 6.67. The van der Waals surface area contributed by atoms with Gasteiger partial charge in [0.25, 0.3) is 0 Å². The van der Waals surface area contributed by atoms with Gasteiger partial charge < -0.3 is 9.32 Å². The Labute approximate surface area is 279 Å². The fraction of sp³-hybridized carbons (Fsp3) is 0.0435. The van der Waals surface area contributed by atoms with Gasteiger partial charge in [-0.1, -0.05) is 115 Å². The molecule has 0 fully saturated rings. The Bertz CT molecular complexity index is 2640. The second-order valence-corrected chi connectivity index (χ2v) is 12.8. The van der Waals surface area contributed by atoms with Crippen molar-refractivity contribution in [2.24, 2.45) is 0 Å². The van der Waals surface area contributed by atoms with Crippen molar-refractivity contribution in [2.45, 2.75) is 12.8 Å². The lowest BCUT2D eigenvalue weighted by Gasteiger charge is -2.29. The Kier molecular flexibility index (Phi) is 6.04. The Morgan fingerprint density at radius 1 is 0.479 bits per heavy atom. The number of anilines is 3. The molecule has 1 heterocycles. The number of furan rings is 1. The lowest BCUT2D eigenvalue weighted by Crippen LogP contribution is -2.32. The van der Waals surface area contributed by atoms with Crippen molar-refractivity contribution in [3.63, 3.8) is 0 Å². The maximum absolute atomic E-state index is 6.67. The smallest absolute Gasteiger partial charge is 0.159 e. The van der Waals surface area contributed by atoms with E-state index in [0.717, 1.165) is 51.8 Å². The molecule has 0 aliphatic heterocycles. The molecule has 2 nitrogen and oxygen atoms in total. The first-order valence-corrected chi connectivity index (χ1v) is 16.7. The lowest BCUT2D eigenvalue weighted by molar-refractivity contribution is 0.669. The Morgan fingerprint density at radius 3 is 2.02 bits per heavy atom. The molecule has 3 aliphatic carbocycles. The van der Waals surface area contributed by atoms with Gasteiger partial charge >= 0.3 is 0 Å². The van der Waals surface area contributed by atoms with Crippen molar-refractivity contribution in [3.8, 4) is 33.4 Å². The zero-order valence-electron chi connectivity index (χ0n) is 26.4. The molecular weight excluding hydrogens is 583 g/mol. The summed E-state index contributed by atoms with van der Waals surface area (Å²) in [5.74, 6) is 0. The normalized spacial score (nSPS) is 13.0. The molecule has 0 unspecified atom stereocenters. The quantitative estimate of drug-likeness (QED) is 0.185. The average molecular weight is 614 g/mol. The molecule has 3 aliphatic rings. The highest BCUT2D eigenvalue weighted by atomic mass is 16.3. The van der Waals surface area contributed by atoms with Gasteiger partial charge in [-0.3, -0.25) is 0 Å². The summed E-state index contributed by atoms with van der Waals surface area (Å²) in [6.45, 7) is 0. The monoisotopic (exact) mass is 613 g/mol. The summed E-state index contributed by atoms with van der Waals surface area (Å²) in [5, 5.41) is 4.91. The molecule has 0 saturated carbocycles. The summed E-state index contributed by atoms with van der Waals surface area (Å²) in [6, 6.07) is 57.0. The Hall–Kier alpha value is -6.12. The maximum atomic E-state index is 6.67. The van der Waals surface area contributed by atoms with Gasteiger partial charge in [-0.05, 0) is 111 Å². The molecule has 0 N–H and O–H groups in total. The van der Waals surface area contributed by atoms with Gasteiger partial charge in [0.15, 0.2) is 5.58 Å². The van der Waals surface area contributed by atoms with Gasteiger partial charge in [0.05, 0.1) is 11.4 Å². The van der Waals surface area contributed by atoms with Gasteiger partial charge in [-0.2, -0.15) is 0 Å². The summed E-state index contributed by atoms with van der Waals surface area (Å²) in [6.07, 6.45) is 4.39. The fourth-order valence-corrected chi connectivity index (χ4v) is 7.67. The molecule has 10 rings (SSSR count). The van der Waals surface area contributed by atoms with E-state index in [2.05, 4.69) is 163 Å². The number of para-hydroxylation sites is 3. The second-order valence-electron chi connectivity index (χ2n) is 12.8. The third-order valence-corrected chi connectivity index (χ3v) is 9.98. The van der Waals surface area contributed by atoms with E-state index >= 15 is 0 Å². The first-order chi connectivity index (χ1) is 23.8. The predicted molar refractivity (Wildman–Crippen MR) is 200 cm³/mol. The Balaban J connectivity index is 1.24. The van der Waals surface area contributed by atoms with Crippen molar-refractivity contribution in [1.29, 1.82) is 0 Å². The summed E-state index contributed by atoms with van der Waals surface area (Å²) in [5.41, 5.74) is 15.4. The van der Waals surface area contributed by atoms with E-state index in [0.29, 0.717) is 0 Å². The van der Waals surface area contributed by atoms with Crippen LogP contribution in [0.2, 0.25) is 0 Å². The van der Waals surface area contributed by atoms with Gasteiger partial charge in [-0.15, -0.1) is 0 Å². The first-order valence-electron chi connectivity index (χ1n) is 16.7. The highest BCUT2D eigenvalue weighted by Gasteiger charge is 2.24. The van der Waals surface area contributed by atoms with Crippen LogP contribution in [0.3, 0.4) is 0 Å². The van der Waals surface area contributed by atoms with Crippen molar-refractivity contribution in [2.75, 3.05) is 4.90 Å². The van der Waals surface area contributed by atoms with E-state index in [1.165, 1.54) is 55.0 Å². The minimum atomic E-state index is 0.888. The Morgan fingerprint density at radius 2 is 1.15 bits per heavy atom. The molecule has 6 aromatic carbocycles. The molecule has 48 heavy (non-hydrogen) atoms. The topological polar surface area (TPSA) is 16.4 Å². The third kappa shape index (κ3) is 4.34. The molecule has 0 amide bonds. The van der Waals surface area contributed by atoms with Crippen LogP contribution in [0.25, 0.3) is 67.0 Å². The van der Waals surface area contributed by atoms with Crippen molar-refractivity contribution in [1.82, 2.24) is 0 Å². The van der Waals surface area contributed by atoms with Crippen molar-refractivity contribution < 1.29 is 4.42 Å². The number of hydrogen-bond donors (Lipinski definition) is 0. The average Bonchev–Trinajstić information content (AvgIpc) is 3.57. The van der Waals surface area contributed by atoms with E-state index in [1.54, 1.807) is 0 Å². The standard InChI is InChI=1S/C46H31NO/c1-2-11-30(12-3-1)31-23-25-36(26-24-31)47(43-21-10-19-41-39-16-5-7-22-44(39)48-46(41)43)42-20-6-4-15-38(42)40-18-9-14-32-13-8-17-37(45(32)40)35-28-33-27-34(33)29-35/h1-8,10-17,19-29H,9,18H2. The van der Waals surface area contributed by atoms with Crippen LogP contribution in [0, 0.1) is 0 Å². The van der Waals surface area contributed by atoms with Gasteiger partial charge in [0.2, 0.25) is 0 Å². The third-order valence-electron chi connectivity index (χ3n) is 9.98. The van der Waals surface area contributed by atoms with E-state index in [4.69, 9.17) is 4.42 Å². The van der Waals surface area contributed by atoms with Crippen LogP contribution >= 0.6 is 0 Å². The van der Waals surface area contributed by atoms with Crippen molar-refractivity contribution in [3.05, 3.63) is 174 Å². The molecule has 7 aromatic rings. The number of fused-ring (bicyclic) bond motifs is 5. The maximum Gasteiger partial charge on any atom is 0.159 e. The highest BCUT2D eigenvalue weighted by Crippen LogP contribution is 2.45. The largest absolute Gasteiger partial charge is 0.454 e. The zero-order chi connectivity index (χ0) is 31.6. The first kappa shape index (κ1) is 27.0. The van der Waals surface area contributed by atoms with Crippen molar-refractivity contribution >= 4 is 50.6 Å². The van der Waals surface area contributed by atoms with Gasteiger partial charge in [-0.25, -0.2) is 0 Å². The highest BCUT2D eigenvalue weighted by molar-refractivity contribution is 6.10. The van der Waals surface area contributed by atoms with Crippen LogP contribution in [-0.2, 0) is 0 Å². The van der Waals surface area contributed by atoms with E-state index in [9.17, 15) is 0 Å².